The number of fused-ring (bicyclic) bond motifs is 1. The van der Waals surface area contributed by atoms with E-state index in [0.717, 1.165) is 4.68 Å². The van der Waals surface area contributed by atoms with Gasteiger partial charge in [-0.25, -0.2) is 4.68 Å². The van der Waals surface area contributed by atoms with E-state index in [0.29, 0.717) is 22.2 Å². The van der Waals surface area contributed by atoms with E-state index in [9.17, 15) is 14.4 Å². The molecular formula is C20H21N5O3. The average molecular weight is 379 g/mol. The minimum atomic E-state index is -0.484. The summed E-state index contributed by atoms with van der Waals surface area (Å²) < 4.78 is 0.996. The van der Waals surface area contributed by atoms with Crippen LogP contribution in [0.4, 0.5) is 5.69 Å². The van der Waals surface area contributed by atoms with Gasteiger partial charge in [0.15, 0.2) is 0 Å². The van der Waals surface area contributed by atoms with Crippen LogP contribution in [0.5, 0.6) is 0 Å². The Labute approximate surface area is 161 Å². The van der Waals surface area contributed by atoms with Crippen LogP contribution < -0.4 is 16.2 Å². The average Bonchev–Trinajstić information content (AvgIpc) is 2.63. The molecule has 3 rings (SSSR count). The van der Waals surface area contributed by atoms with Crippen molar-refractivity contribution in [1.82, 2.24) is 20.3 Å². The topological polar surface area (TPSA) is 106 Å². The Bertz CT molecular complexity index is 1100. The summed E-state index contributed by atoms with van der Waals surface area (Å²) in [5, 5.41) is 13.7. The molecular weight excluding hydrogens is 358 g/mol. The van der Waals surface area contributed by atoms with Crippen LogP contribution in [0.1, 0.15) is 31.1 Å². The lowest BCUT2D eigenvalue weighted by Gasteiger charge is -2.21. The molecule has 0 saturated heterocycles. The van der Waals surface area contributed by atoms with Gasteiger partial charge in [0.05, 0.1) is 16.6 Å². The van der Waals surface area contributed by atoms with Gasteiger partial charge in [0.1, 0.15) is 12.1 Å². The zero-order valence-electron chi connectivity index (χ0n) is 15.9. The van der Waals surface area contributed by atoms with Crippen molar-refractivity contribution in [3.63, 3.8) is 0 Å². The van der Waals surface area contributed by atoms with Gasteiger partial charge in [-0.15, -0.1) is 5.10 Å². The van der Waals surface area contributed by atoms with Crippen LogP contribution in [0.15, 0.2) is 53.3 Å². The SMILES string of the molecule is CC(C)(C)NC(=O)c1ccccc1NC(=O)Cn1nnc2ccccc2c1=O. The van der Waals surface area contributed by atoms with E-state index < -0.39 is 17.0 Å². The molecule has 2 N–H and O–H groups in total. The van der Waals surface area contributed by atoms with Gasteiger partial charge in [-0.3, -0.25) is 14.4 Å². The third kappa shape index (κ3) is 4.40. The predicted molar refractivity (Wildman–Crippen MR) is 106 cm³/mol. The molecule has 3 aromatic rings. The molecule has 0 saturated carbocycles. The predicted octanol–water partition coefficient (Wildman–Crippen LogP) is 1.96. The lowest BCUT2D eigenvalue weighted by atomic mass is 10.1. The largest absolute Gasteiger partial charge is 0.347 e. The van der Waals surface area contributed by atoms with Gasteiger partial charge in [0.2, 0.25) is 5.91 Å². The number of hydrogen-bond acceptors (Lipinski definition) is 5. The zero-order valence-corrected chi connectivity index (χ0v) is 15.9. The lowest BCUT2D eigenvalue weighted by molar-refractivity contribution is -0.117. The molecule has 0 atom stereocenters. The summed E-state index contributed by atoms with van der Waals surface area (Å²) in [6, 6.07) is 13.5. The van der Waals surface area contributed by atoms with Gasteiger partial charge >= 0.3 is 0 Å². The van der Waals surface area contributed by atoms with Crippen LogP contribution in [-0.4, -0.2) is 32.3 Å². The molecule has 2 aromatic carbocycles. The number of carbonyl (C=O) groups is 2. The lowest BCUT2D eigenvalue weighted by Crippen LogP contribution is -2.41. The third-order valence-electron chi connectivity index (χ3n) is 3.86. The van der Waals surface area contributed by atoms with E-state index in [1.165, 1.54) is 0 Å². The molecule has 1 heterocycles. The van der Waals surface area contributed by atoms with E-state index in [1.54, 1.807) is 48.5 Å². The van der Waals surface area contributed by atoms with Crippen molar-refractivity contribution in [3.8, 4) is 0 Å². The van der Waals surface area contributed by atoms with E-state index in [-0.39, 0.29) is 12.5 Å². The molecule has 28 heavy (non-hydrogen) atoms. The van der Waals surface area contributed by atoms with Crippen LogP contribution in [-0.2, 0) is 11.3 Å². The summed E-state index contributed by atoms with van der Waals surface area (Å²) in [4.78, 5) is 37.4. The van der Waals surface area contributed by atoms with Gasteiger partial charge in [-0.2, -0.15) is 0 Å². The number of benzene rings is 2. The molecule has 0 bridgehead atoms. The number of amides is 2. The monoisotopic (exact) mass is 379 g/mol. The zero-order chi connectivity index (χ0) is 20.3. The maximum atomic E-state index is 12.5. The van der Waals surface area contributed by atoms with E-state index in [4.69, 9.17) is 0 Å². The fraction of sp³-hybridized carbons (Fsp3) is 0.250. The number of hydrogen-bond donors (Lipinski definition) is 2. The normalized spacial score (nSPS) is 11.2. The Kier molecular flexibility index (Phi) is 5.21. The summed E-state index contributed by atoms with van der Waals surface area (Å²) in [5.74, 6) is -0.784. The molecule has 1 aromatic heterocycles. The molecule has 144 valence electrons. The Hall–Kier alpha value is -3.55. The molecule has 0 unspecified atom stereocenters. The second kappa shape index (κ2) is 7.59. The Balaban J connectivity index is 1.80. The van der Waals surface area contributed by atoms with E-state index in [1.807, 2.05) is 20.8 Å². The third-order valence-corrected chi connectivity index (χ3v) is 3.86. The van der Waals surface area contributed by atoms with Crippen molar-refractivity contribution in [3.05, 3.63) is 64.4 Å². The first kappa shape index (κ1) is 19.2. The highest BCUT2D eigenvalue weighted by molar-refractivity contribution is 6.03. The number of carbonyl (C=O) groups excluding carboxylic acids is 2. The summed E-state index contributed by atoms with van der Waals surface area (Å²) >= 11 is 0. The van der Waals surface area contributed by atoms with Crippen LogP contribution in [0.2, 0.25) is 0 Å². The van der Waals surface area contributed by atoms with Crippen LogP contribution >= 0.6 is 0 Å². The van der Waals surface area contributed by atoms with Crippen molar-refractivity contribution in [1.29, 1.82) is 0 Å². The van der Waals surface area contributed by atoms with Crippen LogP contribution in [0, 0.1) is 0 Å². The maximum Gasteiger partial charge on any atom is 0.278 e. The Morgan fingerprint density at radius 1 is 1.04 bits per heavy atom. The molecule has 8 nitrogen and oxygen atoms in total. The first-order valence-electron chi connectivity index (χ1n) is 8.78. The molecule has 0 fully saturated rings. The highest BCUT2D eigenvalue weighted by Crippen LogP contribution is 2.16. The molecule has 0 aliphatic rings. The van der Waals surface area contributed by atoms with Crippen molar-refractivity contribution < 1.29 is 9.59 Å². The van der Waals surface area contributed by atoms with Crippen molar-refractivity contribution in [2.24, 2.45) is 0 Å². The fourth-order valence-electron chi connectivity index (χ4n) is 2.65. The van der Waals surface area contributed by atoms with E-state index in [2.05, 4.69) is 20.9 Å². The first-order chi connectivity index (χ1) is 13.2. The molecule has 2 amide bonds. The minimum absolute atomic E-state index is 0.300. The highest BCUT2D eigenvalue weighted by Gasteiger charge is 2.19. The number of rotatable bonds is 4. The highest BCUT2D eigenvalue weighted by atomic mass is 16.2. The van der Waals surface area contributed by atoms with E-state index >= 15 is 0 Å². The number of nitrogens with one attached hydrogen (secondary N) is 2. The standard InChI is InChI=1S/C20H21N5O3/c1-20(2,3)22-18(27)13-8-4-6-10-15(13)21-17(26)12-25-19(28)14-9-5-7-11-16(14)23-24-25/h4-11H,12H2,1-3H3,(H,21,26)(H,22,27). The summed E-state index contributed by atoms with van der Waals surface area (Å²) in [6.07, 6.45) is 0. The first-order valence-corrected chi connectivity index (χ1v) is 8.78. The number of aromatic nitrogens is 3. The van der Waals surface area contributed by atoms with Crippen molar-refractivity contribution in [2.45, 2.75) is 32.9 Å². The van der Waals surface area contributed by atoms with Crippen LogP contribution in [0.3, 0.4) is 0 Å². The van der Waals surface area contributed by atoms with Gasteiger partial charge in [0.25, 0.3) is 11.5 Å². The molecule has 0 aliphatic carbocycles. The molecule has 0 spiro atoms. The minimum Gasteiger partial charge on any atom is -0.347 e. The summed E-state index contributed by atoms with van der Waals surface area (Å²) in [6.45, 7) is 5.30. The number of para-hydroxylation sites is 1. The van der Waals surface area contributed by atoms with Crippen molar-refractivity contribution >= 4 is 28.4 Å². The smallest absolute Gasteiger partial charge is 0.278 e. The fourth-order valence-corrected chi connectivity index (χ4v) is 2.65. The van der Waals surface area contributed by atoms with Crippen LogP contribution in [0.25, 0.3) is 10.9 Å². The van der Waals surface area contributed by atoms with Gasteiger partial charge in [0, 0.05) is 5.54 Å². The molecule has 0 radical (unpaired) electrons. The van der Waals surface area contributed by atoms with Gasteiger partial charge in [-0.1, -0.05) is 29.5 Å². The maximum absolute atomic E-state index is 12.5. The van der Waals surface area contributed by atoms with Gasteiger partial charge < -0.3 is 10.6 Å². The second-order valence-electron chi connectivity index (χ2n) is 7.37. The Morgan fingerprint density at radius 2 is 1.71 bits per heavy atom. The quantitative estimate of drug-likeness (QED) is 0.721. The molecule has 8 heteroatoms. The number of anilines is 1. The summed E-state index contributed by atoms with van der Waals surface area (Å²) in [7, 11) is 0. The second-order valence-corrected chi connectivity index (χ2v) is 7.37. The number of nitrogens with zero attached hydrogens (tertiary/aromatic N) is 3. The van der Waals surface area contributed by atoms with Gasteiger partial charge in [-0.05, 0) is 45.0 Å². The van der Waals surface area contributed by atoms with Crippen molar-refractivity contribution in [2.75, 3.05) is 5.32 Å². The summed E-state index contributed by atoms with van der Waals surface area (Å²) in [5.41, 5.74) is 0.342. The Morgan fingerprint density at radius 3 is 2.46 bits per heavy atom. The molecule has 0 aliphatic heterocycles.